The molecule has 4 unspecified atom stereocenters. The lowest BCUT2D eigenvalue weighted by molar-refractivity contribution is -0.125. The normalized spacial score (nSPS) is 30.9. The summed E-state index contributed by atoms with van der Waals surface area (Å²) < 4.78 is 0. The van der Waals surface area contributed by atoms with Gasteiger partial charge in [-0.25, -0.2) is 0 Å². The highest BCUT2D eigenvalue weighted by Gasteiger charge is 2.28. The van der Waals surface area contributed by atoms with Crippen molar-refractivity contribution in [2.75, 3.05) is 0 Å². The molecule has 1 amide bonds. The van der Waals surface area contributed by atoms with Gasteiger partial charge in [-0.2, -0.15) is 0 Å². The first-order valence-corrected chi connectivity index (χ1v) is 7.13. The van der Waals surface area contributed by atoms with Crippen molar-refractivity contribution in [3.8, 4) is 0 Å². The molecule has 1 saturated heterocycles. The Balaban J connectivity index is 2.45. The van der Waals surface area contributed by atoms with Crippen LogP contribution in [0.3, 0.4) is 0 Å². The van der Waals surface area contributed by atoms with E-state index in [9.17, 15) is 4.79 Å². The second kappa shape index (κ2) is 7.00. The molecular formula is C14H28N2O. The Hall–Kier alpha value is -0.570. The van der Waals surface area contributed by atoms with Crippen LogP contribution in [0.4, 0.5) is 0 Å². The number of hydrogen-bond donors (Lipinski definition) is 2. The van der Waals surface area contributed by atoms with E-state index >= 15 is 0 Å². The first kappa shape index (κ1) is 14.5. The van der Waals surface area contributed by atoms with Crippen LogP contribution in [0.25, 0.3) is 0 Å². The minimum atomic E-state index is 0.0136. The maximum atomic E-state index is 12.2. The van der Waals surface area contributed by atoms with Crippen LogP contribution in [0.2, 0.25) is 0 Å². The molecule has 0 aliphatic carbocycles. The number of rotatable bonds is 5. The fourth-order valence-electron chi connectivity index (χ4n) is 2.79. The predicted octanol–water partition coefficient (Wildman–Crippen LogP) is 2.46. The highest BCUT2D eigenvalue weighted by atomic mass is 16.2. The van der Waals surface area contributed by atoms with Crippen molar-refractivity contribution in [3.05, 3.63) is 0 Å². The van der Waals surface area contributed by atoms with Gasteiger partial charge in [-0.1, -0.05) is 27.2 Å². The molecule has 1 fully saturated rings. The zero-order valence-corrected chi connectivity index (χ0v) is 11.8. The summed E-state index contributed by atoms with van der Waals surface area (Å²) in [6.07, 6.45) is 5.38. The van der Waals surface area contributed by atoms with Crippen LogP contribution in [0, 0.1) is 5.92 Å². The molecule has 100 valence electrons. The molecule has 1 aliphatic rings. The Morgan fingerprint density at radius 3 is 2.59 bits per heavy atom. The summed E-state index contributed by atoms with van der Waals surface area (Å²) in [4.78, 5) is 12.2. The molecule has 0 spiro atoms. The van der Waals surface area contributed by atoms with Gasteiger partial charge in [0.2, 0.25) is 5.91 Å². The quantitative estimate of drug-likeness (QED) is 0.775. The van der Waals surface area contributed by atoms with E-state index < -0.39 is 0 Å². The summed E-state index contributed by atoms with van der Waals surface area (Å²) in [5.74, 6) is 0.844. The molecule has 1 rings (SSSR count). The Morgan fingerprint density at radius 2 is 2.06 bits per heavy atom. The summed E-state index contributed by atoms with van der Waals surface area (Å²) in [5, 5.41) is 6.58. The minimum absolute atomic E-state index is 0.0136. The van der Waals surface area contributed by atoms with Gasteiger partial charge in [0, 0.05) is 12.1 Å². The molecular weight excluding hydrogens is 212 g/mol. The van der Waals surface area contributed by atoms with Gasteiger partial charge in [-0.3, -0.25) is 4.79 Å². The van der Waals surface area contributed by atoms with Gasteiger partial charge in [0.1, 0.15) is 0 Å². The van der Waals surface area contributed by atoms with Gasteiger partial charge in [0.05, 0.1) is 6.04 Å². The molecule has 0 saturated carbocycles. The molecule has 1 aliphatic heterocycles. The highest BCUT2D eigenvalue weighted by Crippen LogP contribution is 2.19. The number of piperidine rings is 1. The highest BCUT2D eigenvalue weighted by molar-refractivity contribution is 5.82. The van der Waals surface area contributed by atoms with Crippen LogP contribution < -0.4 is 10.6 Å². The molecule has 17 heavy (non-hydrogen) atoms. The maximum Gasteiger partial charge on any atom is 0.237 e. The Morgan fingerprint density at radius 1 is 1.35 bits per heavy atom. The zero-order chi connectivity index (χ0) is 12.8. The number of nitrogens with one attached hydrogen (secondary N) is 2. The van der Waals surface area contributed by atoms with E-state index in [-0.39, 0.29) is 11.9 Å². The van der Waals surface area contributed by atoms with Crippen molar-refractivity contribution in [1.29, 1.82) is 0 Å². The van der Waals surface area contributed by atoms with Crippen LogP contribution in [0.5, 0.6) is 0 Å². The molecule has 0 bridgehead atoms. The van der Waals surface area contributed by atoms with Crippen molar-refractivity contribution in [2.45, 2.75) is 77.9 Å². The lowest BCUT2D eigenvalue weighted by Gasteiger charge is -2.33. The summed E-state index contributed by atoms with van der Waals surface area (Å²) in [5.41, 5.74) is 0. The largest absolute Gasteiger partial charge is 0.352 e. The van der Waals surface area contributed by atoms with Gasteiger partial charge in [-0.15, -0.1) is 0 Å². The molecule has 4 atom stereocenters. The smallest absolute Gasteiger partial charge is 0.237 e. The fraction of sp³-hybridized carbons (Fsp3) is 0.929. The number of amides is 1. The standard InChI is InChI=1S/C14H28N2O/c1-5-7-12(6-2)16-14(17)13-9-10(3)8-11(4)15-13/h10-13,15H,5-9H2,1-4H3,(H,16,17). The van der Waals surface area contributed by atoms with E-state index in [0.29, 0.717) is 18.0 Å². The van der Waals surface area contributed by atoms with Crippen molar-refractivity contribution in [1.82, 2.24) is 10.6 Å². The van der Waals surface area contributed by atoms with Crippen LogP contribution in [0.15, 0.2) is 0 Å². The lowest BCUT2D eigenvalue weighted by atomic mass is 9.89. The molecule has 0 aromatic rings. The van der Waals surface area contributed by atoms with E-state index in [0.717, 1.165) is 25.7 Å². The van der Waals surface area contributed by atoms with Crippen LogP contribution in [-0.2, 0) is 4.79 Å². The van der Waals surface area contributed by atoms with E-state index in [1.165, 1.54) is 6.42 Å². The Labute approximate surface area is 106 Å². The Kier molecular flexibility index (Phi) is 5.96. The number of carbonyl (C=O) groups excluding carboxylic acids is 1. The third kappa shape index (κ3) is 4.66. The SMILES string of the molecule is CCCC(CC)NC(=O)C1CC(C)CC(C)N1. The third-order valence-corrected chi connectivity index (χ3v) is 3.67. The van der Waals surface area contributed by atoms with Gasteiger partial charge in [-0.05, 0) is 38.5 Å². The minimum Gasteiger partial charge on any atom is -0.352 e. The van der Waals surface area contributed by atoms with Gasteiger partial charge in [0.15, 0.2) is 0 Å². The van der Waals surface area contributed by atoms with Crippen molar-refractivity contribution in [2.24, 2.45) is 5.92 Å². The number of carbonyl (C=O) groups is 1. The zero-order valence-electron chi connectivity index (χ0n) is 11.8. The molecule has 3 nitrogen and oxygen atoms in total. The van der Waals surface area contributed by atoms with E-state index in [2.05, 4.69) is 38.3 Å². The average molecular weight is 240 g/mol. The maximum absolute atomic E-state index is 12.2. The first-order chi connectivity index (χ1) is 8.06. The first-order valence-electron chi connectivity index (χ1n) is 7.13. The monoisotopic (exact) mass is 240 g/mol. The van der Waals surface area contributed by atoms with Crippen molar-refractivity contribution in [3.63, 3.8) is 0 Å². The second-order valence-electron chi connectivity index (χ2n) is 5.60. The van der Waals surface area contributed by atoms with E-state index in [1.54, 1.807) is 0 Å². The third-order valence-electron chi connectivity index (χ3n) is 3.67. The van der Waals surface area contributed by atoms with Crippen molar-refractivity contribution >= 4 is 5.91 Å². The predicted molar refractivity (Wildman–Crippen MR) is 71.9 cm³/mol. The van der Waals surface area contributed by atoms with Crippen LogP contribution >= 0.6 is 0 Å². The van der Waals surface area contributed by atoms with Crippen LogP contribution in [-0.4, -0.2) is 24.0 Å². The summed E-state index contributed by atoms with van der Waals surface area (Å²) in [7, 11) is 0. The second-order valence-corrected chi connectivity index (χ2v) is 5.60. The van der Waals surface area contributed by atoms with Crippen molar-refractivity contribution < 1.29 is 4.79 Å². The van der Waals surface area contributed by atoms with Gasteiger partial charge in [0.25, 0.3) is 0 Å². The number of hydrogen-bond acceptors (Lipinski definition) is 2. The summed E-state index contributed by atoms with van der Waals surface area (Å²) >= 11 is 0. The van der Waals surface area contributed by atoms with E-state index in [1.807, 2.05) is 0 Å². The van der Waals surface area contributed by atoms with E-state index in [4.69, 9.17) is 0 Å². The molecule has 2 N–H and O–H groups in total. The molecule has 0 aromatic carbocycles. The summed E-state index contributed by atoms with van der Waals surface area (Å²) in [6, 6.07) is 0.822. The van der Waals surface area contributed by atoms with Gasteiger partial charge >= 0.3 is 0 Å². The topological polar surface area (TPSA) is 41.1 Å². The molecule has 0 aromatic heterocycles. The van der Waals surface area contributed by atoms with Gasteiger partial charge < -0.3 is 10.6 Å². The molecule has 3 heteroatoms. The Bertz CT molecular complexity index is 232. The molecule has 0 radical (unpaired) electrons. The molecule has 1 heterocycles. The van der Waals surface area contributed by atoms with Crippen LogP contribution in [0.1, 0.15) is 59.8 Å². The fourth-order valence-corrected chi connectivity index (χ4v) is 2.79. The lowest BCUT2D eigenvalue weighted by Crippen LogP contribution is -2.53. The summed E-state index contributed by atoms with van der Waals surface area (Å²) in [6.45, 7) is 8.71. The average Bonchev–Trinajstić information content (AvgIpc) is 2.27.